The molecule has 4 heteroatoms. The highest BCUT2D eigenvalue weighted by Crippen LogP contribution is 2.28. The average molecular weight is 284 g/mol. The van der Waals surface area contributed by atoms with Crippen LogP contribution in [0.25, 0.3) is 0 Å². The van der Waals surface area contributed by atoms with E-state index in [-0.39, 0.29) is 12.1 Å². The van der Waals surface area contributed by atoms with Crippen molar-refractivity contribution in [3.05, 3.63) is 28.8 Å². The largest absolute Gasteiger partial charge is 0.490 e. The summed E-state index contributed by atoms with van der Waals surface area (Å²) in [5.41, 5.74) is 1.11. The van der Waals surface area contributed by atoms with E-state index in [9.17, 15) is 0 Å². The smallest absolute Gasteiger partial charge is 0.121 e. The quantitative estimate of drug-likeness (QED) is 0.896. The van der Waals surface area contributed by atoms with E-state index in [0.717, 1.165) is 48.9 Å². The molecule has 1 aromatic carbocycles. The molecule has 1 unspecified atom stereocenters. The van der Waals surface area contributed by atoms with Gasteiger partial charge in [-0.1, -0.05) is 24.6 Å². The van der Waals surface area contributed by atoms with Gasteiger partial charge in [0.2, 0.25) is 0 Å². The zero-order valence-electron chi connectivity index (χ0n) is 11.6. The van der Waals surface area contributed by atoms with E-state index >= 15 is 0 Å². The van der Waals surface area contributed by atoms with Crippen LogP contribution in [0, 0.1) is 0 Å². The summed E-state index contributed by atoms with van der Waals surface area (Å²) < 4.78 is 11.3. The molecule has 2 rings (SSSR count). The van der Waals surface area contributed by atoms with Crippen molar-refractivity contribution in [2.75, 3.05) is 19.8 Å². The topological polar surface area (TPSA) is 30.5 Å². The molecule has 1 aliphatic heterocycles. The minimum absolute atomic E-state index is 0.252. The third-order valence-electron chi connectivity index (χ3n) is 3.42. The molecular formula is C15H22ClNO2. The maximum atomic E-state index is 6.33. The maximum absolute atomic E-state index is 6.33. The first-order valence-electron chi connectivity index (χ1n) is 6.98. The average Bonchev–Trinajstić information content (AvgIpc) is 2.40. The van der Waals surface area contributed by atoms with Crippen LogP contribution in [0.2, 0.25) is 5.02 Å². The molecule has 1 heterocycles. The molecule has 3 nitrogen and oxygen atoms in total. The molecule has 1 N–H and O–H groups in total. The van der Waals surface area contributed by atoms with Gasteiger partial charge < -0.3 is 14.8 Å². The molecule has 106 valence electrons. The van der Waals surface area contributed by atoms with Crippen LogP contribution in [0.4, 0.5) is 0 Å². The molecule has 0 aromatic heterocycles. The molecular weight excluding hydrogens is 262 g/mol. The van der Waals surface area contributed by atoms with Crippen LogP contribution in [-0.4, -0.2) is 25.9 Å². The lowest BCUT2D eigenvalue weighted by Crippen LogP contribution is -2.25. The summed E-state index contributed by atoms with van der Waals surface area (Å²) in [5, 5.41) is 4.12. The molecule has 0 radical (unpaired) electrons. The number of rotatable bonds is 5. The van der Waals surface area contributed by atoms with Gasteiger partial charge in [-0.2, -0.15) is 0 Å². The summed E-state index contributed by atoms with van der Waals surface area (Å²) in [6.07, 6.45) is 2.15. The number of nitrogens with one attached hydrogen (secondary N) is 1. The molecule has 0 aliphatic carbocycles. The van der Waals surface area contributed by atoms with Gasteiger partial charge in [-0.3, -0.25) is 0 Å². The molecule has 1 aromatic rings. The van der Waals surface area contributed by atoms with E-state index < -0.39 is 0 Å². The first kappa shape index (κ1) is 14.6. The molecule has 1 fully saturated rings. The Labute approximate surface area is 120 Å². The normalized spacial score (nSPS) is 18.3. The van der Waals surface area contributed by atoms with Crippen molar-refractivity contribution in [1.29, 1.82) is 0 Å². The Hall–Kier alpha value is -0.770. The van der Waals surface area contributed by atoms with Crippen LogP contribution >= 0.6 is 11.6 Å². The van der Waals surface area contributed by atoms with E-state index in [1.54, 1.807) is 0 Å². The summed E-state index contributed by atoms with van der Waals surface area (Å²) in [5.74, 6) is 0.851. The second-order valence-electron chi connectivity index (χ2n) is 4.89. The number of hydrogen-bond donors (Lipinski definition) is 1. The summed E-state index contributed by atoms with van der Waals surface area (Å²) >= 11 is 6.33. The Balaban J connectivity index is 2.01. The molecule has 1 atom stereocenters. The van der Waals surface area contributed by atoms with Gasteiger partial charge in [0.15, 0.2) is 0 Å². The minimum atomic E-state index is 0.252. The maximum Gasteiger partial charge on any atom is 0.121 e. The van der Waals surface area contributed by atoms with E-state index in [0.29, 0.717) is 0 Å². The first-order valence-corrected chi connectivity index (χ1v) is 7.35. The van der Waals surface area contributed by atoms with Crippen LogP contribution in [-0.2, 0) is 4.74 Å². The van der Waals surface area contributed by atoms with Crippen LogP contribution in [0.5, 0.6) is 5.75 Å². The lowest BCUT2D eigenvalue weighted by atomic mass is 10.1. The lowest BCUT2D eigenvalue weighted by molar-refractivity contribution is 0.0255. The highest BCUT2D eigenvalue weighted by atomic mass is 35.5. The third-order valence-corrected chi connectivity index (χ3v) is 3.75. The van der Waals surface area contributed by atoms with Gasteiger partial charge in [-0.05, 0) is 31.2 Å². The van der Waals surface area contributed by atoms with Gasteiger partial charge in [0.1, 0.15) is 11.9 Å². The van der Waals surface area contributed by atoms with Crippen molar-refractivity contribution in [3.63, 3.8) is 0 Å². The number of halogens is 1. The van der Waals surface area contributed by atoms with Gasteiger partial charge >= 0.3 is 0 Å². The Morgan fingerprint density at radius 2 is 2.16 bits per heavy atom. The Kier molecular flexibility index (Phi) is 5.49. The van der Waals surface area contributed by atoms with Gasteiger partial charge in [0, 0.05) is 23.9 Å². The first-order chi connectivity index (χ1) is 9.20. The van der Waals surface area contributed by atoms with Crippen molar-refractivity contribution in [2.45, 2.75) is 38.8 Å². The predicted octanol–water partition coefficient (Wildman–Crippen LogP) is 3.57. The fraction of sp³-hybridized carbons (Fsp3) is 0.600. The van der Waals surface area contributed by atoms with Gasteiger partial charge in [0.05, 0.1) is 13.2 Å². The van der Waals surface area contributed by atoms with Crippen molar-refractivity contribution in [2.24, 2.45) is 0 Å². The van der Waals surface area contributed by atoms with Gasteiger partial charge in [0.25, 0.3) is 0 Å². The molecule has 0 spiro atoms. The monoisotopic (exact) mass is 283 g/mol. The highest BCUT2D eigenvalue weighted by molar-refractivity contribution is 6.31. The molecule has 1 saturated heterocycles. The van der Waals surface area contributed by atoms with Crippen molar-refractivity contribution >= 4 is 11.6 Å². The molecule has 0 amide bonds. The molecule has 0 bridgehead atoms. The summed E-state index contributed by atoms with van der Waals surface area (Å²) in [6.45, 7) is 6.70. The predicted molar refractivity (Wildman–Crippen MR) is 78.0 cm³/mol. The summed E-state index contributed by atoms with van der Waals surface area (Å²) in [7, 11) is 0. The lowest BCUT2D eigenvalue weighted by Gasteiger charge is -2.24. The van der Waals surface area contributed by atoms with Gasteiger partial charge in [-0.25, -0.2) is 0 Å². The zero-order chi connectivity index (χ0) is 13.7. The van der Waals surface area contributed by atoms with Crippen LogP contribution < -0.4 is 10.1 Å². The van der Waals surface area contributed by atoms with E-state index in [1.807, 2.05) is 18.2 Å². The van der Waals surface area contributed by atoms with Crippen molar-refractivity contribution in [1.82, 2.24) is 5.32 Å². The minimum Gasteiger partial charge on any atom is -0.490 e. The molecule has 0 saturated carbocycles. The summed E-state index contributed by atoms with van der Waals surface area (Å²) in [4.78, 5) is 0. The van der Waals surface area contributed by atoms with Crippen LogP contribution in [0.1, 0.15) is 38.3 Å². The van der Waals surface area contributed by atoms with Crippen LogP contribution in [0.3, 0.4) is 0 Å². The van der Waals surface area contributed by atoms with E-state index in [2.05, 4.69) is 19.2 Å². The van der Waals surface area contributed by atoms with Crippen molar-refractivity contribution in [3.8, 4) is 5.75 Å². The third kappa shape index (κ3) is 4.10. The Morgan fingerprint density at radius 3 is 2.79 bits per heavy atom. The Bertz CT molecular complexity index is 405. The summed E-state index contributed by atoms with van der Waals surface area (Å²) in [6, 6.07) is 6.23. The van der Waals surface area contributed by atoms with E-state index in [1.165, 1.54) is 0 Å². The number of ether oxygens (including phenoxy) is 2. The van der Waals surface area contributed by atoms with Crippen LogP contribution in [0.15, 0.2) is 18.2 Å². The second kappa shape index (κ2) is 7.13. The standard InChI is InChI=1S/C15H22ClNO2/c1-3-17-11(2)14-5-4-13(10-15(14)16)19-12-6-8-18-9-7-12/h4-5,10-12,17H,3,6-9H2,1-2H3. The number of hydrogen-bond acceptors (Lipinski definition) is 3. The number of benzene rings is 1. The second-order valence-corrected chi connectivity index (χ2v) is 5.30. The van der Waals surface area contributed by atoms with Crippen molar-refractivity contribution < 1.29 is 9.47 Å². The molecule has 19 heavy (non-hydrogen) atoms. The highest BCUT2D eigenvalue weighted by Gasteiger charge is 2.16. The fourth-order valence-electron chi connectivity index (χ4n) is 2.33. The zero-order valence-corrected chi connectivity index (χ0v) is 12.4. The SMILES string of the molecule is CCNC(C)c1ccc(OC2CCOCC2)cc1Cl. The van der Waals surface area contributed by atoms with Gasteiger partial charge in [-0.15, -0.1) is 0 Å². The van der Waals surface area contributed by atoms with E-state index in [4.69, 9.17) is 21.1 Å². The fourth-order valence-corrected chi connectivity index (χ4v) is 2.67. The molecule has 1 aliphatic rings. The Morgan fingerprint density at radius 1 is 1.42 bits per heavy atom.